The number of anilines is 1. The molecular formula is C28H32ClN3O3. The smallest absolute Gasteiger partial charge is 0.322 e. The zero-order valence-corrected chi connectivity index (χ0v) is 20.8. The van der Waals surface area contributed by atoms with E-state index in [1.165, 1.54) is 12.8 Å². The molecule has 1 heterocycles. The number of methoxy groups -OCH3 is 1. The predicted molar refractivity (Wildman–Crippen MR) is 140 cm³/mol. The molecule has 0 bridgehead atoms. The van der Waals surface area contributed by atoms with Crippen LogP contribution >= 0.6 is 11.6 Å². The second-order valence-electron chi connectivity index (χ2n) is 8.67. The number of hydrogen-bond acceptors (Lipinski definition) is 4. The molecule has 6 nitrogen and oxygen atoms in total. The van der Waals surface area contributed by atoms with Crippen LogP contribution in [0.1, 0.15) is 24.0 Å². The van der Waals surface area contributed by atoms with Crippen LogP contribution in [-0.2, 0) is 13.2 Å². The van der Waals surface area contributed by atoms with Gasteiger partial charge in [0.1, 0.15) is 6.61 Å². The SMILES string of the molecule is COc1ccc(CN(CCN2CCCC2)C(=O)Nc2cccc(Cl)c2)cc1OCc1ccccc1. The van der Waals surface area contributed by atoms with Gasteiger partial charge in [-0.05, 0) is 67.4 Å². The van der Waals surface area contributed by atoms with Crippen LogP contribution in [0.25, 0.3) is 0 Å². The molecule has 3 aromatic carbocycles. The minimum absolute atomic E-state index is 0.158. The number of benzene rings is 3. The molecule has 1 fully saturated rings. The molecule has 0 aromatic heterocycles. The van der Waals surface area contributed by atoms with E-state index in [0.29, 0.717) is 41.9 Å². The Balaban J connectivity index is 1.48. The topological polar surface area (TPSA) is 54.0 Å². The van der Waals surface area contributed by atoms with E-state index in [9.17, 15) is 4.79 Å². The van der Waals surface area contributed by atoms with Crippen LogP contribution in [0.2, 0.25) is 5.02 Å². The Morgan fingerprint density at radius 2 is 1.77 bits per heavy atom. The Kier molecular flexibility index (Phi) is 8.87. The second kappa shape index (κ2) is 12.5. The van der Waals surface area contributed by atoms with E-state index in [-0.39, 0.29) is 6.03 Å². The summed E-state index contributed by atoms with van der Waals surface area (Å²) in [6.45, 7) is 4.53. The molecule has 1 aliphatic rings. The first-order valence-electron chi connectivity index (χ1n) is 12.0. The van der Waals surface area contributed by atoms with Gasteiger partial charge in [-0.1, -0.05) is 54.1 Å². The fourth-order valence-electron chi connectivity index (χ4n) is 4.18. The Labute approximate surface area is 212 Å². The van der Waals surface area contributed by atoms with Crippen molar-refractivity contribution in [2.24, 2.45) is 0 Å². The minimum atomic E-state index is -0.158. The van der Waals surface area contributed by atoms with E-state index in [1.807, 2.05) is 65.6 Å². The third-order valence-electron chi connectivity index (χ3n) is 6.09. The van der Waals surface area contributed by atoms with Crippen LogP contribution in [0.3, 0.4) is 0 Å². The number of ether oxygens (including phenoxy) is 2. The summed E-state index contributed by atoms with van der Waals surface area (Å²) in [5.74, 6) is 1.32. The number of urea groups is 1. The lowest BCUT2D eigenvalue weighted by atomic mass is 10.2. The van der Waals surface area contributed by atoms with E-state index < -0.39 is 0 Å². The number of amides is 2. The Morgan fingerprint density at radius 3 is 2.51 bits per heavy atom. The van der Waals surface area contributed by atoms with Crippen molar-refractivity contribution in [3.63, 3.8) is 0 Å². The highest BCUT2D eigenvalue weighted by molar-refractivity contribution is 6.30. The Hall–Kier alpha value is -3.22. The largest absolute Gasteiger partial charge is 0.493 e. The molecule has 1 N–H and O–H groups in total. The number of nitrogens with zero attached hydrogens (tertiary/aromatic N) is 2. The van der Waals surface area contributed by atoms with E-state index in [1.54, 1.807) is 19.2 Å². The van der Waals surface area contributed by atoms with Gasteiger partial charge in [-0.3, -0.25) is 0 Å². The monoisotopic (exact) mass is 493 g/mol. The van der Waals surface area contributed by atoms with Crippen molar-refractivity contribution in [2.45, 2.75) is 26.0 Å². The van der Waals surface area contributed by atoms with Crippen molar-refractivity contribution in [3.8, 4) is 11.5 Å². The summed E-state index contributed by atoms with van der Waals surface area (Å²) in [6.07, 6.45) is 2.44. The first kappa shape index (κ1) is 24.9. The summed E-state index contributed by atoms with van der Waals surface area (Å²) in [4.78, 5) is 17.5. The molecule has 0 aliphatic carbocycles. The third-order valence-corrected chi connectivity index (χ3v) is 6.32. The average molecular weight is 494 g/mol. The van der Waals surface area contributed by atoms with Crippen LogP contribution in [0.5, 0.6) is 11.5 Å². The van der Waals surface area contributed by atoms with Crippen molar-refractivity contribution >= 4 is 23.3 Å². The number of halogens is 1. The molecule has 0 spiro atoms. The van der Waals surface area contributed by atoms with Crippen molar-refractivity contribution < 1.29 is 14.3 Å². The normalized spacial score (nSPS) is 13.4. The van der Waals surface area contributed by atoms with Gasteiger partial charge in [0.15, 0.2) is 11.5 Å². The fourth-order valence-corrected chi connectivity index (χ4v) is 4.37. The summed E-state index contributed by atoms with van der Waals surface area (Å²) < 4.78 is 11.6. The lowest BCUT2D eigenvalue weighted by molar-refractivity contribution is 0.197. The second-order valence-corrected chi connectivity index (χ2v) is 9.11. The van der Waals surface area contributed by atoms with Gasteiger partial charge >= 0.3 is 6.03 Å². The van der Waals surface area contributed by atoms with E-state index in [4.69, 9.17) is 21.1 Å². The zero-order valence-electron chi connectivity index (χ0n) is 20.1. The molecule has 3 aromatic rings. The molecule has 1 saturated heterocycles. The molecule has 0 atom stereocenters. The van der Waals surface area contributed by atoms with Gasteiger partial charge in [0.2, 0.25) is 0 Å². The quantitative estimate of drug-likeness (QED) is 0.373. The van der Waals surface area contributed by atoms with Gasteiger partial charge in [0, 0.05) is 30.3 Å². The molecular weight excluding hydrogens is 462 g/mol. The van der Waals surface area contributed by atoms with Gasteiger partial charge in [-0.25, -0.2) is 4.79 Å². The summed E-state index contributed by atoms with van der Waals surface area (Å²) in [6, 6.07) is 22.9. The van der Waals surface area contributed by atoms with Crippen molar-refractivity contribution in [3.05, 3.63) is 88.9 Å². The average Bonchev–Trinajstić information content (AvgIpc) is 3.39. The Morgan fingerprint density at radius 1 is 0.971 bits per heavy atom. The van der Waals surface area contributed by atoms with Crippen LogP contribution in [0.4, 0.5) is 10.5 Å². The maximum Gasteiger partial charge on any atom is 0.322 e. The molecule has 0 unspecified atom stereocenters. The standard InChI is InChI=1S/C28H32ClN3O3/c1-34-26-13-12-23(18-27(26)35-21-22-8-3-2-4-9-22)20-32(17-16-31-14-5-6-15-31)28(33)30-25-11-7-10-24(29)19-25/h2-4,7-13,18-19H,5-6,14-17,20-21H2,1H3,(H,30,33). The van der Waals surface area contributed by atoms with Crippen molar-refractivity contribution in [1.82, 2.24) is 9.80 Å². The molecule has 0 radical (unpaired) electrons. The van der Waals surface area contributed by atoms with Crippen LogP contribution in [0, 0.1) is 0 Å². The van der Waals surface area contributed by atoms with E-state index >= 15 is 0 Å². The van der Waals surface area contributed by atoms with Crippen LogP contribution < -0.4 is 14.8 Å². The van der Waals surface area contributed by atoms with Gasteiger partial charge in [0.25, 0.3) is 0 Å². The molecule has 2 amide bonds. The van der Waals surface area contributed by atoms with Crippen molar-refractivity contribution in [2.75, 3.05) is 38.6 Å². The number of carbonyl (C=O) groups is 1. The lowest BCUT2D eigenvalue weighted by Crippen LogP contribution is -2.40. The number of nitrogens with one attached hydrogen (secondary N) is 1. The van der Waals surface area contributed by atoms with Gasteiger partial charge < -0.3 is 24.6 Å². The Bertz CT molecular complexity index is 1100. The maximum absolute atomic E-state index is 13.2. The van der Waals surface area contributed by atoms with E-state index in [2.05, 4.69) is 10.2 Å². The van der Waals surface area contributed by atoms with E-state index in [0.717, 1.165) is 30.8 Å². The van der Waals surface area contributed by atoms with Crippen LogP contribution in [0.15, 0.2) is 72.8 Å². The molecule has 184 valence electrons. The zero-order chi connectivity index (χ0) is 24.5. The number of likely N-dealkylation sites (tertiary alicyclic amines) is 1. The fraction of sp³-hybridized carbons (Fsp3) is 0.321. The summed E-state index contributed by atoms with van der Waals surface area (Å²) in [5, 5.41) is 3.58. The molecule has 1 aliphatic heterocycles. The third kappa shape index (κ3) is 7.38. The minimum Gasteiger partial charge on any atom is -0.493 e. The summed E-state index contributed by atoms with van der Waals surface area (Å²) >= 11 is 6.11. The van der Waals surface area contributed by atoms with Gasteiger partial charge in [-0.2, -0.15) is 0 Å². The first-order chi connectivity index (χ1) is 17.1. The number of hydrogen-bond donors (Lipinski definition) is 1. The van der Waals surface area contributed by atoms with Gasteiger partial charge in [-0.15, -0.1) is 0 Å². The number of rotatable bonds is 10. The molecule has 0 saturated carbocycles. The highest BCUT2D eigenvalue weighted by Gasteiger charge is 2.19. The summed E-state index contributed by atoms with van der Waals surface area (Å²) in [7, 11) is 1.63. The maximum atomic E-state index is 13.2. The number of carbonyl (C=O) groups excluding carboxylic acids is 1. The molecule has 35 heavy (non-hydrogen) atoms. The highest BCUT2D eigenvalue weighted by atomic mass is 35.5. The highest BCUT2D eigenvalue weighted by Crippen LogP contribution is 2.29. The first-order valence-corrected chi connectivity index (χ1v) is 12.4. The lowest BCUT2D eigenvalue weighted by Gasteiger charge is -2.26. The predicted octanol–water partition coefficient (Wildman–Crippen LogP) is 6.06. The van der Waals surface area contributed by atoms with Crippen LogP contribution in [-0.4, -0.2) is 49.1 Å². The van der Waals surface area contributed by atoms with Crippen molar-refractivity contribution in [1.29, 1.82) is 0 Å². The summed E-state index contributed by atoms with van der Waals surface area (Å²) in [5.41, 5.74) is 2.72. The molecule has 4 rings (SSSR count). The molecule has 7 heteroatoms. The van der Waals surface area contributed by atoms with Gasteiger partial charge in [0.05, 0.1) is 7.11 Å².